The summed E-state index contributed by atoms with van der Waals surface area (Å²) in [5, 5.41) is 4.72. The largest absolute Gasteiger partial charge is 0.456 e. The van der Waals surface area contributed by atoms with Gasteiger partial charge in [0.1, 0.15) is 11.2 Å². The second kappa shape index (κ2) is 15.5. The Morgan fingerprint density at radius 1 is 0.373 bits per heavy atom. The Labute approximate surface area is 394 Å². The summed E-state index contributed by atoms with van der Waals surface area (Å²) in [5.41, 5.74) is 18.4. The molecule has 0 aliphatic heterocycles. The van der Waals surface area contributed by atoms with Crippen molar-refractivity contribution in [3.63, 3.8) is 0 Å². The van der Waals surface area contributed by atoms with Crippen molar-refractivity contribution in [3.8, 4) is 33.4 Å². The van der Waals surface area contributed by atoms with Crippen LogP contribution < -0.4 is 9.80 Å². The molecule has 2 aromatic heterocycles. The van der Waals surface area contributed by atoms with E-state index in [0.717, 1.165) is 61.6 Å². The number of hydrogen-bond donors (Lipinski definition) is 0. The van der Waals surface area contributed by atoms with Gasteiger partial charge in [0.25, 0.3) is 0 Å². The lowest BCUT2D eigenvalue weighted by Gasteiger charge is -2.29. The van der Waals surface area contributed by atoms with Crippen LogP contribution in [0.5, 0.6) is 0 Å². The fraction of sp³-hybridized carbons (Fsp3) is 0.0476. The Kier molecular flexibility index (Phi) is 9.06. The summed E-state index contributed by atoms with van der Waals surface area (Å²) in [6, 6.07) is 83.8. The highest BCUT2D eigenvalue weighted by molar-refractivity contribution is 7.26. The summed E-state index contributed by atoms with van der Waals surface area (Å²) in [6.45, 7) is 4.70. The van der Waals surface area contributed by atoms with E-state index < -0.39 is 0 Å². The first-order valence-corrected chi connectivity index (χ1v) is 23.8. The van der Waals surface area contributed by atoms with E-state index in [1.54, 1.807) is 0 Å². The molecule has 4 heteroatoms. The lowest BCUT2D eigenvalue weighted by Crippen LogP contribution is -2.15. The standard InChI is InChI=1S/C63H44N2OS/c1-63(2)54-25-13-9-22-49(54)52-39-45(33-36-55(52)63)65(43-19-7-4-8-20-43)57-37-35-48(62-61(57)51-24-12-16-28-60(51)67-62)42-29-31-44(32-30-42)64(56-26-14-10-21-47(56)41-17-5-3-6-18-41)46-34-38-59-53(40-46)50-23-11-15-27-58(50)66-59/h3-40H,1-2H3. The van der Waals surface area contributed by atoms with Crippen molar-refractivity contribution < 1.29 is 4.42 Å². The van der Waals surface area contributed by atoms with Crippen LogP contribution in [-0.2, 0) is 5.41 Å². The molecule has 0 bridgehead atoms. The SMILES string of the molecule is CC1(C)c2ccccc2-c2cc(N(c3ccccc3)c3ccc(-c4ccc(N(c5ccc6oc7ccccc7c6c5)c5ccccc5-c5ccccc5)cc4)c4sc5ccccc5c34)ccc21. The van der Waals surface area contributed by atoms with Crippen LogP contribution in [-0.4, -0.2) is 0 Å². The van der Waals surface area contributed by atoms with E-state index in [2.05, 4.69) is 242 Å². The molecule has 12 aromatic rings. The third-order valence-electron chi connectivity index (χ3n) is 13.9. The van der Waals surface area contributed by atoms with Gasteiger partial charge in [-0.05, 0) is 118 Å². The zero-order valence-electron chi connectivity index (χ0n) is 37.2. The van der Waals surface area contributed by atoms with Crippen LogP contribution in [0.3, 0.4) is 0 Å². The fourth-order valence-corrected chi connectivity index (χ4v) is 11.9. The van der Waals surface area contributed by atoms with E-state index in [9.17, 15) is 0 Å². The van der Waals surface area contributed by atoms with E-state index in [1.807, 2.05) is 23.5 Å². The van der Waals surface area contributed by atoms with Gasteiger partial charge in [-0.25, -0.2) is 0 Å². The molecule has 0 amide bonds. The Hall–Kier alpha value is -8.18. The van der Waals surface area contributed by atoms with Gasteiger partial charge in [-0.3, -0.25) is 0 Å². The minimum atomic E-state index is -0.0688. The van der Waals surface area contributed by atoms with Gasteiger partial charge in [0.05, 0.1) is 11.4 Å². The number of hydrogen-bond acceptors (Lipinski definition) is 4. The number of fused-ring (bicyclic) bond motifs is 9. The number of para-hydroxylation sites is 3. The van der Waals surface area contributed by atoms with Crippen LogP contribution in [0, 0.1) is 0 Å². The summed E-state index contributed by atoms with van der Waals surface area (Å²) < 4.78 is 8.84. The molecular formula is C63H44N2OS. The molecule has 67 heavy (non-hydrogen) atoms. The van der Waals surface area contributed by atoms with Gasteiger partial charge in [0.15, 0.2) is 0 Å². The molecule has 2 heterocycles. The average molecular weight is 877 g/mol. The van der Waals surface area contributed by atoms with Crippen molar-refractivity contribution in [3.05, 3.63) is 242 Å². The molecule has 1 aliphatic rings. The van der Waals surface area contributed by atoms with Crippen molar-refractivity contribution >= 4 is 87.6 Å². The van der Waals surface area contributed by atoms with Crippen LogP contribution >= 0.6 is 11.3 Å². The second-order valence-electron chi connectivity index (χ2n) is 18.1. The van der Waals surface area contributed by atoms with Crippen LogP contribution in [0.25, 0.3) is 75.5 Å². The highest BCUT2D eigenvalue weighted by Crippen LogP contribution is 2.53. The Morgan fingerprint density at radius 3 is 1.79 bits per heavy atom. The first-order chi connectivity index (χ1) is 33.0. The van der Waals surface area contributed by atoms with Gasteiger partial charge in [0, 0.05) is 64.7 Å². The normalized spacial score (nSPS) is 12.7. The number of thiophene rings is 1. The molecule has 10 aromatic carbocycles. The van der Waals surface area contributed by atoms with Crippen LogP contribution in [0.4, 0.5) is 34.1 Å². The third kappa shape index (κ3) is 6.32. The predicted molar refractivity (Wildman–Crippen MR) is 284 cm³/mol. The zero-order chi connectivity index (χ0) is 44.6. The van der Waals surface area contributed by atoms with Gasteiger partial charge in [0.2, 0.25) is 0 Å². The highest BCUT2D eigenvalue weighted by Gasteiger charge is 2.36. The van der Waals surface area contributed by atoms with Crippen molar-refractivity contribution in [2.24, 2.45) is 0 Å². The second-order valence-corrected chi connectivity index (χ2v) is 19.1. The maximum Gasteiger partial charge on any atom is 0.135 e. The molecule has 3 nitrogen and oxygen atoms in total. The van der Waals surface area contributed by atoms with Gasteiger partial charge >= 0.3 is 0 Å². The summed E-state index contributed by atoms with van der Waals surface area (Å²) >= 11 is 1.88. The van der Waals surface area contributed by atoms with E-state index in [1.165, 1.54) is 59.1 Å². The van der Waals surface area contributed by atoms with Gasteiger partial charge in [-0.1, -0.05) is 166 Å². The predicted octanol–water partition coefficient (Wildman–Crippen LogP) is 18.5. The molecule has 0 atom stereocenters. The highest BCUT2D eigenvalue weighted by atomic mass is 32.1. The van der Waals surface area contributed by atoms with Gasteiger partial charge in [-0.2, -0.15) is 0 Å². The number of benzene rings is 10. The number of nitrogens with zero attached hydrogens (tertiary/aromatic N) is 2. The molecule has 13 rings (SSSR count). The Bertz CT molecular complexity index is 3850. The monoisotopic (exact) mass is 876 g/mol. The van der Waals surface area contributed by atoms with Gasteiger partial charge < -0.3 is 14.2 Å². The minimum absolute atomic E-state index is 0.0688. The van der Waals surface area contributed by atoms with Crippen LogP contribution in [0.2, 0.25) is 0 Å². The zero-order valence-corrected chi connectivity index (χ0v) is 38.0. The lowest BCUT2D eigenvalue weighted by molar-refractivity contribution is 0.660. The van der Waals surface area contributed by atoms with E-state index in [-0.39, 0.29) is 5.41 Å². The molecule has 0 spiro atoms. The molecule has 0 fully saturated rings. The molecule has 0 saturated heterocycles. The molecule has 318 valence electrons. The van der Waals surface area contributed by atoms with Crippen molar-refractivity contribution in [2.45, 2.75) is 19.3 Å². The molecular weight excluding hydrogens is 833 g/mol. The first-order valence-electron chi connectivity index (χ1n) is 23.0. The molecule has 0 radical (unpaired) electrons. The summed E-state index contributed by atoms with van der Waals surface area (Å²) in [6.07, 6.45) is 0. The topological polar surface area (TPSA) is 19.6 Å². The van der Waals surface area contributed by atoms with Gasteiger partial charge in [-0.15, -0.1) is 11.3 Å². The smallest absolute Gasteiger partial charge is 0.135 e. The van der Waals surface area contributed by atoms with E-state index in [0.29, 0.717) is 0 Å². The molecule has 0 N–H and O–H groups in total. The summed E-state index contributed by atoms with van der Waals surface area (Å²) in [5.74, 6) is 0. The van der Waals surface area contributed by atoms with E-state index >= 15 is 0 Å². The quantitative estimate of drug-likeness (QED) is 0.152. The Balaban J connectivity index is 0.972. The fourth-order valence-electron chi connectivity index (χ4n) is 10.7. The van der Waals surface area contributed by atoms with Crippen molar-refractivity contribution in [1.82, 2.24) is 0 Å². The first kappa shape index (κ1) is 39.2. The lowest BCUT2D eigenvalue weighted by atomic mass is 9.82. The minimum Gasteiger partial charge on any atom is -0.456 e. The van der Waals surface area contributed by atoms with Crippen LogP contribution in [0.15, 0.2) is 235 Å². The maximum atomic E-state index is 6.30. The number of rotatable bonds is 8. The molecule has 1 aliphatic carbocycles. The van der Waals surface area contributed by atoms with E-state index in [4.69, 9.17) is 4.42 Å². The Morgan fingerprint density at radius 2 is 0.955 bits per heavy atom. The van der Waals surface area contributed by atoms with Crippen molar-refractivity contribution in [1.29, 1.82) is 0 Å². The summed E-state index contributed by atoms with van der Waals surface area (Å²) in [4.78, 5) is 4.85. The average Bonchev–Trinajstić information content (AvgIpc) is 4.03. The summed E-state index contributed by atoms with van der Waals surface area (Å²) in [7, 11) is 0. The van der Waals surface area contributed by atoms with Crippen LogP contribution in [0.1, 0.15) is 25.0 Å². The maximum absolute atomic E-state index is 6.30. The third-order valence-corrected chi connectivity index (χ3v) is 15.1. The molecule has 0 unspecified atom stereocenters. The number of furan rings is 1. The number of anilines is 6. The van der Waals surface area contributed by atoms with Crippen molar-refractivity contribution in [2.75, 3.05) is 9.80 Å². The molecule has 0 saturated carbocycles.